The van der Waals surface area contributed by atoms with Crippen LogP contribution < -0.4 is 10.1 Å². The molecule has 2 aromatic heterocycles. The van der Waals surface area contributed by atoms with Crippen molar-refractivity contribution in [1.82, 2.24) is 19.7 Å². The minimum absolute atomic E-state index is 0.0293. The van der Waals surface area contributed by atoms with Gasteiger partial charge >= 0.3 is 0 Å². The lowest BCUT2D eigenvalue weighted by Crippen LogP contribution is -2.24. The van der Waals surface area contributed by atoms with Gasteiger partial charge in [-0.15, -0.1) is 0 Å². The van der Waals surface area contributed by atoms with Crippen LogP contribution in [-0.2, 0) is 16.6 Å². The molecule has 0 saturated heterocycles. The molecular formula is C16H16N4O5S. The first-order chi connectivity index (χ1) is 12.4. The first-order valence-corrected chi connectivity index (χ1v) is 9.00. The molecule has 0 bridgehead atoms. The van der Waals surface area contributed by atoms with Crippen molar-refractivity contribution < 1.29 is 22.5 Å². The Hall–Kier alpha value is -3.14. The minimum atomic E-state index is -3.90. The zero-order valence-corrected chi connectivity index (χ0v) is 14.9. The number of aromatic nitrogens is 3. The van der Waals surface area contributed by atoms with E-state index in [2.05, 4.69) is 15.6 Å². The first kappa shape index (κ1) is 17.7. The molecule has 0 unspecified atom stereocenters. The molecule has 3 rings (SSSR count). The van der Waals surface area contributed by atoms with Gasteiger partial charge in [0.05, 0.1) is 24.2 Å². The smallest absolute Gasteiger partial charge is 0.282 e. The Morgan fingerprint density at radius 1 is 1.27 bits per heavy atom. The number of nitrogens with one attached hydrogen (secondary N) is 1. The average molecular weight is 376 g/mol. The Balaban J connectivity index is 1.74. The zero-order chi connectivity index (χ0) is 18.7. The number of nitrogens with zero attached hydrogens (tertiary/aromatic N) is 3. The van der Waals surface area contributed by atoms with Gasteiger partial charge in [0.15, 0.2) is 11.5 Å². The second kappa shape index (κ2) is 7.00. The highest BCUT2D eigenvalue weighted by Crippen LogP contribution is 2.17. The second-order valence-corrected chi connectivity index (χ2v) is 7.17. The third-order valence-corrected chi connectivity index (χ3v) is 5.07. The molecule has 0 spiro atoms. The molecule has 1 N–H and O–H groups in total. The van der Waals surface area contributed by atoms with Gasteiger partial charge in [0.2, 0.25) is 0 Å². The number of carbonyl (C=O) groups is 1. The Morgan fingerprint density at radius 2 is 2.00 bits per heavy atom. The molecule has 0 aliphatic heterocycles. The van der Waals surface area contributed by atoms with E-state index in [1.165, 1.54) is 43.6 Å². The fraction of sp³-hybridized carbons (Fsp3) is 0.188. The molecule has 0 radical (unpaired) electrons. The van der Waals surface area contributed by atoms with Crippen LogP contribution >= 0.6 is 0 Å². The van der Waals surface area contributed by atoms with Crippen molar-refractivity contribution in [2.75, 3.05) is 7.11 Å². The number of methoxy groups -OCH3 is 1. The Morgan fingerprint density at radius 3 is 2.62 bits per heavy atom. The summed E-state index contributed by atoms with van der Waals surface area (Å²) >= 11 is 0. The second-order valence-electron chi connectivity index (χ2n) is 5.37. The van der Waals surface area contributed by atoms with E-state index in [0.717, 1.165) is 4.09 Å². The lowest BCUT2D eigenvalue weighted by molar-refractivity contribution is 0.0942. The SMILES string of the molecule is COc1ccc(S(=O)(=O)n2ccc(C(=O)NCc3cc(C)no3)n2)cc1. The summed E-state index contributed by atoms with van der Waals surface area (Å²) in [5.41, 5.74) is 0.669. The number of amides is 1. The van der Waals surface area contributed by atoms with E-state index in [4.69, 9.17) is 9.26 Å². The molecule has 0 atom stereocenters. The quantitative estimate of drug-likeness (QED) is 0.690. The third kappa shape index (κ3) is 3.59. The van der Waals surface area contributed by atoms with Crippen LogP contribution in [0.25, 0.3) is 0 Å². The summed E-state index contributed by atoms with van der Waals surface area (Å²) in [6, 6.07) is 8.88. The molecule has 0 aliphatic rings. The largest absolute Gasteiger partial charge is 0.497 e. The molecule has 3 aromatic rings. The van der Waals surface area contributed by atoms with Crippen molar-refractivity contribution in [1.29, 1.82) is 0 Å². The van der Waals surface area contributed by atoms with E-state index in [1.54, 1.807) is 13.0 Å². The molecule has 1 aromatic carbocycles. The van der Waals surface area contributed by atoms with Crippen LogP contribution in [0.1, 0.15) is 21.9 Å². The highest BCUT2D eigenvalue weighted by atomic mass is 32.2. The zero-order valence-electron chi connectivity index (χ0n) is 14.0. The summed E-state index contributed by atoms with van der Waals surface area (Å²) in [7, 11) is -2.41. The molecule has 1 amide bonds. The Bertz CT molecular complexity index is 1020. The van der Waals surface area contributed by atoms with E-state index in [9.17, 15) is 13.2 Å². The van der Waals surface area contributed by atoms with Crippen molar-refractivity contribution >= 4 is 15.9 Å². The number of aryl methyl sites for hydroxylation is 1. The summed E-state index contributed by atoms with van der Waals surface area (Å²) in [4.78, 5) is 12.2. The van der Waals surface area contributed by atoms with E-state index in [-0.39, 0.29) is 17.1 Å². The van der Waals surface area contributed by atoms with Crippen LogP contribution in [0.15, 0.2) is 52.0 Å². The Kier molecular flexibility index (Phi) is 4.76. The van der Waals surface area contributed by atoms with Crippen molar-refractivity contribution in [3.63, 3.8) is 0 Å². The number of benzene rings is 1. The van der Waals surface area contributed by atoms with Crippen LogP contribution in [0.3, 0.4) is 0 Å². The van der Waals surface area contributed by atoms with E-state index < -0.39 is 15.9 Å². The summed E-state index contributed by atoms with van der Waals surface area (Å²) in [5, 5.41) is 10.2. The van der Waals surface area contributed by atoms with Gasteiger partial charge in [-0.25, -0.2) is 0 Å². The van der Waals surface area contributed by atoms with Crippen LogP contribution in [0.2, 0.25) is 0 Å². The van der Waals surface area contributed by atoms with Crippen molar-refractivity contribution in [2.45, 2.75) is 18.4 Å². The van der Waals surface area contributed by atoms with Gasteiger partial charge in [-0.05, 0) is 37.3 Å². The molecule has 136 valence electrons. The van der Waals surface area contributed by atoms with Crippen LogP contribution in [0.4, 0.5) is 0 Å². The fourth-order valence-corrected chi connectivity index (χ4v) is 3.29. The number of rotatable bonds is 6. The molecule has 2 heterocycles. The van der Waals surface area contributed by atoms with Gasteiger partial charge in [0.1, 0.15) is 5.75 Å². The van der Waals surface area contributed by atoms with Crippen LogP contribution in [-0.4, -0.2) is 35.8 Å². The summed E-state index contributed by atoms with van der Waals surface area (Å²) in [5.74, 6) is 0.496. The van der Waals surface area contributed by atoms with Crippen molar-refractivity contribution in [3.05, 3.63) is 59.7 Å². The maximum atomic E-state index is 12.6. The van der Waals surface area contributed by atoms with Crippen LogP contribution in [0.5, 0.6) is 5.75 Å². The molecule has 0 saturated carbocycles. The van der Waals surface area contributed by atoms with E-state index in [0.29, 0.717) is 17.2 Å². The average Bonchev–Trinajstić information content (AvgIpc) is 3.29. The molecule has 9 nitrogen and oxygen atoms in total. The topological polar surface area (TPSA) is 116 Å². The van der Waals surface area contributed by atoms with Gasteiger partial charge in [-0.2, -0.15) is 17.6 Å². The van der Waals surface area contributed by atoms with E-state index in [1.807, 2.05) is 0 Å². The third-order valence-electron chi connectivity index (χ3n) is 3.50. The highest BCUT2D eigenvalue weighted by Gasteiger charge is 2.20. The summed E-state index contributed by atoms with van der Waals surface area (Å²) < 4.78 is 35.9. The predicted octanol–water partition coefficient (Wildman–Crippen LogP) is 1.36. The number of hydrogen-bond donors (Lipinski definition) is 1. The van der Waals surface area contributed by atoms with Gasteiger partial charge in [0, 0.05) is 12.3 Å². The van der Waals surface area contributed by atoms with Gasteiger partial charge in [-0.3, -0.25) is 4.79 Å². The van der Waals surface area contributed by atoms with Crippen molar-refractivity contribution in [3.8, 4) is 5.75 Å². The highest BCUT2D eigenvalue weighted by molar-refractivity contribution is 7.89. The van der Waals surface area contributed by atoms with Crippen molar-refractivity contribution in [2.24, 2.45) is 0 Å². The number of ether oxygens (including phenoxy) is 1. The van der Waals surface area contributed by atoms with E-state index >= 15 is 0 Å². The predicted molar refractivity (Wildman–Crippen MR) is 90.2 cm³/mol. The molecule has 0 aliphatic carbocycles. The lowest BCUT2D eigenvalue weighted by atomic mass is 10.3. The summed E-state index contributed by atoms with van der Waals surface area (Å²) in [6.45, 7) is 1.89. The molecule has 26 heavy (non-hydrogen) atoms. The normalized spacial score (nSPS) is 11.3. The molecular weight excluding hydrogens is 360 g/mol. The standard InChI is InChI=1S/C16H16N4O5S/c1-11-9-13(25-19-11)10-17-16(21)15-7-8-20(18-15)26(22,23)14-5-3-12(24-2)4-6-14/h3-9H,10H2,1-2H3,(H,17,21). The minimum Gasteiger partial charge on any atom is -0.497 e. The first-order valence-electron chi connectivity index (χ1n) is 7.56. The molecule has 10 heteroatoms. The fourth-order valence-electron chi connectivity index (χ4n) is 2.18. The van der Waals surface area contributed by atoms with Crippen LogP contribution in [0, 0.1) is 6.92 Å². The lowest BCUT2D eigenvalue weighted by Gasteiger charge is -2.05. The van der Waals surface area contributed by atoms with Gasteiger partial charge in [-0.1, -0.05) is 5.16 Å². The van der Waals surface area contributed by atoms with Gasteiger partial charge in [0.25, 0.3) is 15.9 Å². The maximum absolute atomic E-state index is 12.6. The van der Waals surface area contributed by atoms with Gasteiger partial charge < -0.3 is 14.6 Å². The number of hydrogen-bond acceptors (Lipinski definition) is 7. The summed E-state index contributed by atoms with van der Waals surface area (Å²) in [6.07, 6.45) is 1.22. The monoisotopic (exact) mass is 376 g/mol. The number of carbonyl (C=O) groups excluding carboxylic acids is 1. The Labute approximate surface area is 149 Å². The molecule has 0 fully saturated rings. The maximum Gasteiger partial charge on any atom is 0.282 e.